The fraction of sp³-hybridized carbons (Fsp3) is 0.333. The summed E-state index contributed by atoms with van der Waals surface area (Å²) in [4.78, 5) is 17.1. The van der Waals surface area contributed by atoms with E-state index >= 15 is 0 Å². The maximum Gasteiger partial charge on any atom is 0.399 e. The van der Waals surface area contributed by atoms with E-state index in [2.05, 4.69) is 5.32 Å². The van der Waals surface area contributed by atoms with Crippen LogP contribution in [0.15, 0.2) is 24.3 Å². The van der Waals surface area contributed by atoms with Crippen LogP contribution in [0.1, 0.15) is 12.5 Å². The van der Waals surface area contributed by atoms with E-state index < -0.39 is 18.8 Å². The molecular formula is C9H12F2NO3P. The third kappa shape index (κ3) is 2.58. The lowest BCUT2D eigenvalue weighted by Gasteiger charge is -2.18. The molecule has 16 heavy (non-hydrogen) atoms. The van der Waals surface area contributed by atoms with Crippen molar-refractivity contribution < 1.29 is 23.1 Å². The molecule has 7 heteroatoms. The standard InChI is InChI=1S/C9H12F2NO3P/c1-2-12-8-5-3-4-7(6-8)9(10,11)16(13,14)15/h3-6,12H,2H2,1H3,(H2,13,14,15). The minimum Gasteiger partial charge on any atom is -0.385 e. The number of rotatable bonds is 4. The molecule has 0 aliphatic rings. The van der Waals surface area contributed by atoms with Gasteiger partial charge in [0.25, 0.3) is 0 Å². The maximum atomic E-state index is 13.3. The molecule has 3 N–H and O–H groups in total. The predicted octanol–water partition coefficient (Wildman–Crippen LogP) is 2.35. The molecule has 0 unspecified atom stereocenters. The molecular weight excluding hydrogens is 239 g/mol. The van der Waals surface area contributed by atoms with E-state index in [-0.39, 0.29) is 0 Å². The zero-order valence-corrected chi connectivity index (χ0v) is 9.42. The third-order valence-electron chi connectivity index (χ3n) is 1.96. The average Bonchev–Trinajstić information content (AvgIpc) is 2.17. The summed E-state index contributed by atoms with van der Waals surface area (Å²) in [7, 11) is -5.49. The molecule has 0 amide bonds. The van der Waals surface area contributed by atoms with Crippen LogP contribution in [-0.2, 0) is 10.2 Å². The van der Waals surface area contributed by atoms with Crippen molar-refractivity contribution in [2.45, 2.75) is 12.6 Å². The summed E-state index contributed by atoms with van der Waals surface area (Å²) < 4.78 is 37.2. The van der Waals surface area contributed by atoms with Crippen molar-refractivity contribution in [1.29, 1.82) is 0 Å². The Labute approximate surface area is 91.5 Å². The molecule has 0 saturated heterocycles. The molecule has 0 fully saturated rings. The molecule has 4 nitrogen and oxygen atoms in total. The van der Waals surface area contributed by atoms with Gasteiger partial charge in [0.1, 0.15) is 0 Å². The summed E-state index contributed by atoms with van der Waals surface area (Å²) in [6, 6.07) is 4.88. The summed E-state index contributed by atoms with van der Waals surface area (Å²) >= 11 is 0. The Kier molecular flexibility index (Phi) is 3.68. The van der Waals surface area contributed by atoms with Gasteiger partial charge in [0.2, 0.25) is 0 Å². The molecule has 1 rings (SSSR count). The van der Waals surface area contributed by atoms with Gasteiger partial charge in [-0.25, -0.2) is 0 Å². The quantitative estimate of drug-likeness (QED) is 0.718. The highest BCUT2D eigenvalue weighted by atomic mass is 31.2. The molecule has 1 aromatic carbocycles. The Morgan fingerprint density at radius 1 is 1.44 bits per heavy atom. The fourth-order valence-electron chi connectivity index (χ4n) is 1.19. The number of hydrogen-bond donors (Lipinski definition) is 3. The second kappa shape index (κ2) is 4.49. The summed E-state index contributed by atoms with van der Waals surface area (Å²) in [6.07, 6.45) is 0. The molecule has 1 aromatic rings. The fourth-order valence-corrected chi connectivity index (χ4v) is 1.66. The summed E-state index contributed by atoms with van der Waals surface area (Å²) in [5.74, 6) is 0. The van der Waals surface area contributed by atoms with Crippen molar-refractivity contribution in [1.82, 2.24) is 0 Å². The number of benzene rings is 1. The smallest absolute Gasteiger partial charge is 0.385 e. The lowest BCUT2D eigenvalue weighted by atomic mass is 10.2. The van der Waals surface area contributed by atoms with E-state index in [1.54, 1.807) is 13.0 Å². The Morgan fingerprint density at radius 2 is 2.06 bits per heavy atom. The van der Waals surface area contributed by atoms with E-state index in [1.807, 2.05) is 0 Å². The van der Waals surface area contributed by atoms with Gasteiger partial charge in [-0.3, -0.25) is 4.57 Å². The van der Waals surface area contributed by atoms with Gasteiger partial charge in [0.05, 0.1) is 0 Å². The Bertz CT molecular complexity index is 419. The van der Waals surface area contributed by atoms with Crippen molar-refractivity contribution in [2.75, 3.05) is 11.9 Å². The number of nitrogens with one attached hydrogen (secondary N) is 1. The SMILES string of the molecule is CCNc1cccc(C(F)(F)P(=O)(O)O)c1. The van der Waals surface area contributed by atoms with Gasteiger partial charge in [-0.15, -0.1) is 0 Å². The molecule has 0 heterocycles. The van der Waals surface area contributed by atoms with Crippen LogP contribution in [0.2, 0.25) is 0 Å². The van der Waals surface area contributed by atoms with Gasteiger partial charge < -0.3 is 15.1 Å². The first-order valence-electron chi connectivity index (χ1n) is 4.57. The van der Waals surface area contributed by atoms with E-state index in [1.165, 1.54) is 6.07 Å². The topological polar surface area (TPSA) is 69.6 Å². The molecule has 0 bridgehead atoms. The zero-order valence-electron chi connectivity index (χ0n) is 8.52. The van der Waals surface area contributed by atoms with E-state index in [0.717, 1.165) is 12.1 Å². The number of hydrogen-bond acceptors (Lipinski definition) is 2. The third-order valence-corrected chi connectivity index (χ3v) is 2.95. The van der Waals surface area contributed by atoms with Crippen molar-refractivity contribution in [3.05, 3.63) is 29.8 Å². The predicted molar refractivity (Wildman–Crippen MR) is 56.5 cm³/mol. The summed E-state index contributed by atoms with van der Waals surface area (Å²) in [6.45, 7) is 2.32. The molecule has 0 aromatic heterocycles. The monoisotopic (exact) mass is 251 g/mol. The van der Waals surface area contributed by atoms with Crippen LogP contribution >= 0.6 is 7.60 Å². The molecule has 0 spiro atoms. The minimum atomic E-state index is -5.49. The average molecular weight is 251 g/mol. The summed E-state index contributed by atoms with van der Waals surface area (Å²) in [5, 5.41) is 2.79. The van der Waals surface area contributed by atoms with Gasteiger partial charge >= 0.3 is 13.3 Å². The minimum absolute atomic E-state index is 0.396. The van der Waals surface area contributed by atoms with Gasteiger partial charge in [-0.2, -0.15) is 8.78 Å². The second-order valence-electron chi connectivity index (χ2n) is 3.20. The Hall–Kier alpha value is -0.970. The lowest BCUT2D eigenvalue weighted by molar-refractivity contribution is 0.0565. The van der Waals surface area contributed by atoms with Crippen molar-refractivity contribution in [3.63, 3.8) is 0 Å². The Balaban J connectivity index is 3.13. The molecule has 0 saturated carbocycles. The highest BCUT2D eigenvalue weighted by molar-refractivity contribution is 7.52. The van der Waals surface area contributed by atoms with Crippen LogP contribution in [0.4, 0.5) is 14.5 Å². The van der Waals surface area contributed by atoms with Gasteiger partial charge in [0.15, 0.2) is 0 Å². The lowest BCUT2D eigenvalue weighted by Crippen LogP contribution is -2.14. The van der Waals surface area contributed by atoms with Crippen LogP contribution in [-0.4, -0.2) is 16.3 Å². The van der Waals surface area contributed by atoms with E-state index in [0.29, 0.717) is 12.2 Å². The van der Waals surface area contributed by atoms with Crippen LogP contribution in [0, 0.1) is 0 Å². The summed E-state index contributed by atoms with van der Waals surface area (Å²) in [5.41, 5.74) is -4.45. The Morgan fingerprint density at radius 3 is 2.56 bits per heavy atom. The number of alkyl halides is 2. The molecule has 0 radical (unpaired) electrons. The van der Waals surface area contributed by atoms with Crippen LogP contribution < -0.4 is 5.32 Å². The van der Waals surface area contributed by atoms with Crippen molar-refractivity contribution in [3.8, 4) is 0 Å². The largest absolute Gasteiger partial charge is 0.399 e. The number of halogens is 2. The highest BCUT2D eigenvalue weighted by Gasteiger charge is 2.50. The highest BCUT2D eigenvalue weighted by Crippen LogP contribution is 2.59. The van der Waals surface area contributed by atoms with E-state index in [4.69, 9.17) is 9.79 Å². The first kappa shape index (κ1) is 13.1. The van der Waals surface area contributed by atoms with E-state index in [9.17, 15) is 13.3 Å². The maximum absolute atomic E-state index is 13.3. The molecule has 90 valence electrons. The van der Waals surface area contributed by atoms with Gasteiger partial charge in [-0.05, 0) is 19.1 Å². The normalized spacial score (nSPS) is 12.6. The molecule has 0 aliphatic carbocycles. The zero-order chi connectivity index (χ0) is 12.4. The first-order valence-corrected chi connectivity index (χ1v) is 6.18. The first-order chi connectivity index (χ1) is 7.29. The van der Waals surface area contributed by atoms with Gasteiger partial charge in [0, 0.05) is 17.8 Å². The molecule has 0 aliphatic heterocycles. The van der Waals surface area contributed by atoms with Crippen molar-refractivity contribution >= 4 is 13.3 Å². The van der Waals surface area contributed by atoms with Crippen LogP contribution in [0.3, 0.4) is 0 Å². The van der Waals surface area contributed by atoms with Gasteiger partial charge in [-0.1, -0.05) is 12.1 Å². The number of anilines is 1. The van der Waals surface area contributed by atoms with Crippen LogP contribution in [0.5, 0.6) is 0 Å². The molecule has 0 atom stereocenters. The van der Waals surface area contributed by atoms with Crippen molar-refractivity contribution in [2.24, 2.45) is 0 Å². The second-order valence-corrected chi connectivity index (χ2v) is 4.85. The van der Waals surface area contributed by atoms with Crippen LogP contribution in [0.25, 0.3) is 0 Å².